The van der Waals surface area contributed by atoms with Crippen LogP contribution in [0.25, 0.3) is 0 Å². The Kier molecular flexibility index (Phi) is 2.11. The molecule has 0 saturated carbocycles. The minimum absolute atomic E-state index is 0.739. The molecule has 0 atom stereocenters. The normalized spacial score (nSPS) is 13.0. The van der Waals surface area contributed by atoms with E-state index in [9.17, 15) is 4.21 Å². The van der Waals surface area contributed by atoms with E-state index in [0.29, 0.717) is 0 Å². The van der Waals surface area contributed by atoms with E-state index in [1.807, 2.05) is 31.2 Å². The van der Waals surface area contributed by atoms with Crippen molar-refractivity contribution in [2.45, 2.75) is 11.8 Å². The number of thiol groups is 1. The van der Waals surface area contributed by atoms with Gasteiger partial charge in [-0.3, -0.25) is 9.35 Å². The topological polar surface area (TPSA) is 43.1 Å². The first-order valence-electron chi connectivity index (χ1n) is 3.43. The van der Waals surface area contributed by atoms with Crippen LogP contribution >= 0.6 is 0 Å². The minimum Gasteiger partial charge on any atom is -0.270 e. The summed E-state index contributed by atoms with van der Waals surface area (Å²) in [5.74, 6) is 0. The molecular weight excluding hydrogens is 158 g/mol. The Balaban J connectivity index is 3.09. The molecule has 11 heavy (non-hydrogen) atoms. The van der Waals surface area contributed by atoms with Crippen LogP contribution < -0.4 is 5.14 Å². The van der Waals surface area contributed by atoms with Crippen LogP contribution in [0.5, 0.6) is 0 Å². The average Bonchev–Trinajstić information content (AvgIpc) is 1.86. The van der Waals surface area contributed by atoms with E-state index >= 15 is 0 Å². The van der Waals surface area contributed by atoms with Crippen LogP contribution in [0.1, 0.15) is 5.56 Å². The summed E-state index contributed by atoms with van der Waals surface area (Å²) in [4.78, 5) is 0.739. The first kappa shape index (κ1) is 8.43. The summed E-state index contributed by atoms with van der Waals surface area (Å²) in [5.41, 5.74) is 1.15. The zero-order valence-corrected chi connectivity index (χ0v) is 7.64. The summed E-state index contributed by atoms with van der Waals surface area (Å²) in [5, 5.41) is 5.46. The molecule has 0 amide bonds. The van der Waals surface area contributed by atoms with Crippen LogP contribution in [0, 0.1) is 6.92 Å². The monoisotopic (exact) mass is 171 g/mol. The second-order valence-corrected chi connectivity index (χ2v) is 5.32. The molecule has 1 aromatic carbocycles. The van der Waals surface area contributed by atoms with Crippen LogP contribution in [0.15, 0.2) is 29.2 Å². The number of aryl methyl sites for hydroxylation is 1. The molecule has 0 unspecified atom stereocenters. The van der Waals surface area contributed by atoms with Crippen molar-refractivity contribution in [2.75, 3.05) is 6.26 Å². The van der Waals surface area contributed by atoms with Crippen molar-refractivity contribution in [3.05, 3.63) is 29.8 Å². The average molecular weight is 171 g/mol. The summed E-state index contributed by atoms with van der Waals surface area (Å²) < 4.78 is 11.3. The summed E-state index contributed by atoms with van der Waals surface area (Å²) in [6, 6.07) is 7.46. The van der Waals surface area contributed by atoms with Crippen LogP contribution in [-0.4, -0.2) is 10.5 Å². The molecule has 0 saturated heterocycles. The Morgan fingerprint density at radius 1 is 1.27 bits per heavy atom. The molecule has 1 rings (SSSR count). The van der Waals surface area contributed by atoms with Gasteiger partial charge in [-0.1, -0.05) is 17.7 Å². The highest BCUT2D eigenvalue weighted by Crippen LogP contribution is 2.10. The molecule has 0 aromatic heterocycles. The van der Waals surface area contributed by atoms with E-state index in [1.54, 1.807) is 6.26 Å². The maximum atomic E-state index is 11.3. The number of benzene rings is 1. The van der Waals surface area contributed by atoms with Gasteiger partial charge in [0.1, 0.15) is 0 Å². The van der Waals surface area contributed by atoms with E-state index in [0.717, 1.165) is 10.5 Å². The zero-order valence-electron chi connectivity index (χ0n) is 6.74. The lowest BCUT2D eigenvalue weighted by atomic mass is 10.2. The predicted octanol–water partition coefficient (Wildman–Crippen LogP) is 0.874. The largest absolute Gasteiger partial charge is 0.270 e. The Bertz CT molecular complexity index is 285. The maximum absolute atomic E-state index is 11.3. The Morgan fingerprint density at radius 3 is 2.09 bits per heavy atom. The number of hydrogen-bond donors (Lipinski definition) is 2. The zero-order chi connectivity index (χ0) is 8.48. The van der Waals surface area contributed by atoms with Gasteiger partial charge in [0.2, 0.25) is 0 Å². The lowest BCUT2D eigenvalue weighted by Gasteiger charge is -2.11. The molecule has 0 fully saturated rings. The highest BCUT2D eigenvalue weighted by atomic mass is 32.3. The van der Waals surface area contributed by atoms with Gasteiger partial charge in [-0.15, -0.1) is 0 Å². The van der Waals surface area contributed by atoms with Gasteiger partial charge in [0, 0.05) is 11.2 Å². The van der Waals surface area contributed by atoms with Gasteiger partial charge < -0.3 is 0 Å². The highest BCUT2D eigenvalue weighted by Gasteiger charge is 2.02. The molecular formula is C8H13NOS. The van der Waals surface area contributed by atoms with E-state index in [2.05, 4.69) is 0 Å². The quantitative estimate of drug-likeness (QED) is 0.605. The lowest BCUT2D eigenvalue weighted by molar-refractivity contribution is 0.675. The summed E-state index contributed by atoms with van der Waals surface area (Å²) in [7, 11) is -2.54. The van der Waals surface area contributed by atoms with Gasteiger partial charge in [0.15, 0.2) is 0 Å². The van der Waals surface area contributed by atoms with E-state index in [-0.39, 0.29) is 0 Å². The van der Waals surface area contributed by atoms with Crippen LogP contribution in [0.4, 0.5) is 0 Å². The van der Waals surface area contributed by atoms with Crippen LogP contribution in [-0.2, 0) is 10.1 Å². The maximum Gasteiger partial charge on any atom is 0.0266 e. The van der Waals surface area contributed by atoms with Crippen molar-refractivity contribution >= 4 is 10.1 Å². The molecule has 1 aromatic rings. The first-order chi connectivity index (χ1) is 5.00. The minimum atomic E-state index is -2.54. The van der Waals surface area contributed by atoms with E-state index in [1.165, 1.54) is 0 Å². The van der Waals surface area contributed by atoms with Crippen molar-refractivity contribution < 1.29 is 4.21 Å². The number of hydrogen-bond acceptors (Lipinski definition) is 1. The number of nitrogens with two attached hydrogens (primary N) is 1. The van der Waals surface area contributed by atoms with Gasteiger partial charge in [0.25, 0.3) is 0 Å². The summed E-state index contributed by atoms with van der Waals surface area (Å²) in [6.07, 6.45) is 1.57. The molecule has 62 valence electrons. The SMILES string of the molecule is Cc1ccc([SH](C)(N)=O)cc1. The smallest absolute Gasteiger partial charge is 0.0266 e. The molecule has 0 aliphatic rings. The van der Waals surface area contributed by atoms with E-state index < -0.39 is 10.1 Å². The standard InChI is InChI=1S/C8H13NOS/c1-7-3-5-8(6-4-7)11(2,9)10/h3-6,11H,1-2H3,(H2,9,10). The second kappa shape index (κ2) is 2.75. The molecule has 0 aliphatic heterocycles. The molecule has 2 N–H and O–H groups in total. The van der Waals surface area contributed by atoms with Gasteiger partial charge in [-0.25, -0.2) is 0 Å². The third-order valence-corrected chi connectivity index (χ3v) is 2.87. The Hall–Kier alpha value is -0.670. The van der Waals surface area contributed by atoms with Crippen molar-refractivity contribution in [1.29, 1.82) is 0 Å². The molecule has 0 spiro atoms. The van der Waals surface area contributed by atoms with Crippen molar-refractivity contribution in [2.24, 2.45) is 5.14 Å². The van der Waals surface area contributed by atoms with Gasteiger partial charge in [0.05, 0.1) is 0 Å². The molecule has 0 heterocycles. The molecule has 3 heteroatoms. The van der Waals surface area contributed by atoms with Crippen molar-refractivity contribution in [3.8, 4) is 0 Å². The fourth-order valence-corrected chi connectivity index (χ4v) is 1.58. The highest BCUT2D eigenvalue weighted by molar-refractivity contribution is 8.00. The van der Waals surface area contributed by atoms with Gasteiger partial charge >= 0.3 is 0 Å². The van der Waals surface area contributed by atoms with Crippen molar-refractivity contribution in [1.82, 2.24) is 0 Å². The van der Waals surface area contributed by atoms with Crippen molar-refractivity contribution in [3.63, 3.8) is 0 Å². The third kappa shape index (κ3) is 2.13. The van der Waals surface area contributed by atoms with Gasteiger partial charge in [-0.05, 0) is 29.2 Å². The fraction of sp³-hybridized carbons (Fsp3) is 0.250. The molecule has 0 radical (unpaired) electrons. The van der Waals surface area contributed by atoms with Crippen LogP contribution in [0.3, 0.4) is 0 Å². The predicted molar refractivity (Wildman–Crippen MR) is 49.1 cm³/mol. The first-order valence-corrected chi connectivity index (χ1v) is 5.66. The third-order valence-electron chi connectivity index (χ3n) is 1.55. The number of rotatable bonds is 1. The summed E-state index contributed by atoms with van der Waals surface area (Å²) in [6.45, 7) is 1.99. The molecule has 0 aliphatic carbocycles. The Morgan fingerprint density at radius 2 is 1.73 bits per heavy atom. The second-order valence-electron chi connectivity index (χ2n) is 2.83. The van der Waals surface area contributed by atoms with Crippen LogP contribution in [0.2, 0.25) is 0 Å². The summed E-state index contributed by atoms with van der Waals surface area (Å²) >= 11 is 0. The fourth-order valence-electron chi connectivity index (χ4n) is 0.841. The van der Waals surface area contributed by atoms with Gasteiger partial charge in [-0.2, -0.15) is 0 Å². The Labute approximate surface area is 68.0 Å². The molecule has 2 nitrogen and oxygen atoms in total. The van der Waals surface area contributed by atoms with E-state index in [4.69, 9.17) is 5.14 Å². The molecule has 0 bridgehead atoms. The lowest BCUT2D eigenvalue weighted by Crippen LogP contribution is -2.20.